The van der Waals surface area contributed by atoms with Crippen LogP contribution in [0.5, 0.6) is 0 Å². The average molecular weight is 246 g/mol. The molecule has 1 N–H and O–H groups in total. The molecule has 0 aromatic carbocycles. The zero-order valence-corrected chi connectivity index (χ0v) is 10.3. The molecule has 0 fully saturated rings. The maximum absolute atomic E-state index is 11.8. The third-order valence-corrected chi connectivity index (χ3v) is 4.68. The van der Waals surface area contributed by atoms with Crippen LogP contribution in [0.3, 0.4) is 0 Å². The van der Waals surface area contributed by atoms with Crippen LogP contribution in [0.1, 0.15) is 19.4 Å². The highest BCUT2D eigenvalue weighted by molar-refractivity contribution is 7.85. The van der Waals surface area contributed by atoms with Crippen LogP contribution in [-0.4, -0.2) is 20.5 Å². The van der Waals surface area contributed by atoms with Gasteiger partial charge in [0.15, 0.2) is 0 Å². The summed E-state index contributed by atoms with van der Waals surface area (Å²) in [7, 11) is -1.34. The van der Waals surface area contributed by atoms with Crippen LogP contribution in [0.25, 0.3) is 0 Å². The standard InChI is InChI=1S/C10H14O3S2/c1-7(2)9(10(11)12)15(13)6-8-3-4-14-5-8/h3-5,7,9H,6H2,1-2H3,(H,11,12). The topological polar surface area (TPSA) is 54.4 Å². The molecule has 0 aliphatic carbocycles. The van der Waals surface area contributed by atoms with Gasteiger partial charge in [-0.1, -0.05) is 13.8 Å². The molecule has 3 nitrogen and oxygen atoms in total. The van der Waals surface area contributed by atoms with Gasteiger partial charge in [0.1, 0.15) is 5.25 Å². The van der Waals surface area contributed by atoms with Gasteiger partial charge in [0, 0.05) is 10.8 Å². The lowest BCUT2D eigenvalue weighted by Gasteiger charge is -2.15. The van der Waals surface area contributed by atoms with E-state index in [1.165, 1.54) is 11.3 Å². The Bertz CT molecular complexity index is 344. The lowest BCUT2D eigenvalue weighted by atomic mass is 10.1. The number of hydrogen-bond donors (Lipinski definition) is 1. The molecule has 0 aliphatic heterocycles. The molecule has 1 aromatic heterocycles. The first-order valence-electron chi connectivity index (χ1n) is 4.63. The summed E-state index contributed by atoms with van der Waals surface area (Å²) in [4.78, 5) is 10.9. The number of thiophene rings is 1. The van der Waals surface area contributed by atoms with Gasteiger partial charge in [-0.15, -0.1) is 0 Å². The minimum Gasteiger partial charge on any atom is -0.480 e. The minimum atomic E-state index is -1.34. The molecule has 0 amide bonds. The van der Waals surface area contributed by atoms with Crippen molar-refractivity contribution in [2.75, 3.05) is 0 Å². The van der Waals surface area contributed by atoms with E-state index in [2.05, 4.69) is 0 Å². The fourth-order valence-corrected chi connectivity index (χ4v) is 3.62. The van der Waals surface area contributed by atoms with Gasteiger partial charge in [0.25, 0.3) is 0 Å². The molecule has 0 saturated carbocycles. The molecule has 0 radical (unpaired) electrons. The smallest absolute Gasteiger partial charge is 0.319 e. The fourth-order valence-electron chi connectivity index (χ4n) is 1.33. The Morgan fingerprint density at radius 3 is 2.67 bits per heavy atom. The number of carboxylic acids is 1. The molecule has 2 unspecified atom stereocenters. The van der Waals surface area contributed by atoms with E-state index in [1.807, 2.05) is 16.8 Å². The summed E-state index contributed by atoms with van der Waals surface area (Å²) < 4.78 is 11.8. The molecular weight excluding hydrogens is 232 g/mol. The van der Waals surface area contributed by atoms with Crippen LogP contribution in [0, 0.1) is 5.92 Å². The quantitative estimate of drug-likeness (QED) is 0.865. The molecule has 0 saturated heterocycles. The van der Waals surface area contributed by atoms with Crippen LogP contribution in [0.2, 0.25) is 0 Å². The Hall–Kier alpha value is -0.680. The van der Waals surface area contributed by atoms with Gasteiger partial charge in [0.2, 0.25) is 0 Å². The minimum absolute atomic E-state index is 0.109. The summed E-state index contributed by atoms with van der Waals surface area (Å²) in [5, 5.41) is 12.0. The van der Waals surface area contributed by atoms with Crippen LogP contribution < -0.4 is 0 Å². The van der Waals surface area contributed by atoms with Crippen LogP contribution in [-0.2, 0) is 21.3 Å². The molecule has 0 bridgehead atoms. The Morgan fingerprint density at radius 1 is 1.60 bits per heavy atom. The molecule has 2 atom stereocenters. The van der Waals surface area contributed by atoms with Gasteiger partial charge in [0.05, 0.1) is 5.75 Å². The Balaban J connectivity index is 2.69. The normalized spacial score (nSPS) is 15.1. The first-order valence-corrected chi connectivity index (χ1v) is 6.96. The molecule has 15 heavy (non-hydrogen) atoms. The molecule has 5 heteroatoms. The zero-order chi connectivity index (χ0) is 11.4. The first kappa shape index (κ1) is 12.4. The number of carbonyl (C=O) groups is 1. The second-order valence-electron chi connectivity index (χ2n) is 3.66. The maximum Gasteiger partial charge on any atom is 0.319 e. The second kappa shape index (κ2) is 5.42. The van der Waals surface area contributed by atoms with Crippen molar-refractivity contribution >= 4 is 28.1 Å². The van der Waals surface area contributed by atoms with Crippen molar-refractivity contribution in [3.8, 4) is 0 Å². The molecule has 1 heterocycles. The first-order chi connectivity index (χ1) is 7.02. The van der Waals surface area contributed by atoms with Crippen molar-refractivity contribution in [1.82, 2.24) is 0 Å². The van der Waals surface area contributed by atoms with Crippen molar-refractivity contribution in [2.45, 2.75) is 24.9 Å². The van der Waals surface area contributed by atoms with Gasteiger partial charge in [-0.25, -0.2) is 0 Å². The van der Waals surface area contributed by atoms with E-state index >= 15 is 0 Å². The summed E-state index contributed by atoms with van der Waals surface area (Å²) in [6.45, 7) is 3.56. The van der Waals surface area contributed by atoms with Crippen molar-refractivity contribution in [2.24, 2.45) is 5.92 Å². The predicted octanol–water partition coefficient (Wildman–Crippen LogP) is 2.11. The summed E-state index contributed by atoms with van der Waals surface area (Å²) in [5.74, 6) is -0.751. The number of hydrogen-bond acceptors (Lipinski definition) is 3. The number of aliphatic carboxylic acids is 1. The lowest BCUT2D eigenvalue weighted by Crippen LogP contribution is -2.31. The summed E-state index contributed by atoms with van der Waals surface area (Å²) in [6, 6.07) is 1.88. The van der Waals surface area contributed by atoms with Gasteiger partial charge in [-0.05, 0) is 28.3 Å². The van der Waals surface area contributed by atoms with Gasteiger partial charge in [-0.2, -0.15) is 11.3 Å². The Morgan fingerprint density at radius 2 is 2.27 bits per heavy atom. The van der Waals surface area contributed by atoms with E-state index in [0.29, 0.717) is 5.75 Å². The molecule has 0 aliphatic rings. The Kier molecular flexibility index (Phi) is 4.47. The highest BCUT2D eigenvalue weighted by Gasteiger charge is 2.27. The van der Waals surface area contributed by atoms with Crippen molar-refractivity contribution in [3.05, 3.63) is 22.4 Å². The summed E-state index contributed by atoms with van der Waals surface area (Å²) >= 11 is 1.53. The van der Waals surface area contributed by atoms with E-state index in [0.717, 1.165) is 5.56 Å². The molecule has 1 rings (SSSR count). The van der Waals surface area contributed by atoms with Gasteiger partial charge in [-0.3, -0.25) is 9.00 Å². The molecule has 1 aromatic rings. The van der Waals surface area contributed by atoms with Crippen molar-refractivity contribution in [3.63, 3.8) is 0 Å². The summed E-state index contributed by atoms with van der Waals surface area (Å²) in [5.41, 5.74) is 0.949. The predicted molar refractivity (Wildman–Crippen MR) is 62.4 cm³/mol. The van der Waals surface area contributed by atoms with E-state index in [9.17, 15) is 9.00 Å². The van der Waals surface area contributed by atoms with E-state index in [1.54, 1.807) is 13.8 Å². The number of rotatable bonds is 5. The fraction of sp³-hybridized carbons (Fsp3) is 0.500. The van der Waals surface area contributed by atoms with Gasteiger partial charge >= 0.3 is 5.97 Å². The maximum atomic E-state index is 11.8. The molecule has 0 spiro atoms. The highest BCUT2D eigenvalue weighted by atomic mass is 32.2. The molecule has 84 valence electrons. The lowest BCUT2D eigenvalue weighted by molar-refractivity contribution is -0.137. The van der Waals surface area contributed by atoms with Crippen LogP contribution in [0.4, 0.5) is 0 Å². The monoisotopic (exact) mass is 246 g/mol. The van der Waals surface area contributed by atoms with Crippen molar-refractivity contribution < 1.29 is 14.1 Å². The second-order valence-corrected chi connectivity index (χ2v) is 6.00. The van der Waals surface area contributed by atoms with Crippen molar-refractivity contribution in [1.29, 1.82) is 0 Å². The third kappa shape index (κ3) is 3.43. The van der Waals surface area contributed by atoms with Crippen LogP contribution >= 0.6 is 11.3 Å². The zero-order valence-electron chi connectivity index (χ0n) is 8.67. The number of carboxylic acid groups (broad SMARTS) is 1. The Labute approximate surface area is 95.6 Å². The largest absolute Gasteiger partial charge is 0.480 e. The van der Waals surface area contributed by atoms with E-state index in [-0.39, 0.29) is 5.92 Å². The third-order valence-electron chi connectivity index (χ3n) is 2.02. The SMILES string of the molecule is CC(C)C(C(=O)O)S(=O)Cc1ccsc1. The van der Waals surface area contributed by atoms with E-state index in [4.69, 9.17) is 5.11 Å². The van der Waals surface area contributed by atoms with Crippen LogP contribution in [0.15, 0.2) is 16.8 Å². The molecular formula is C10H14O3S2. The summed E-state index contributed by atoms with van der Waals surface area (Å²) in [6.07, 6.45) is 0. The highest BCUT2D eigenvalue weighted by Crippen LogP contribution is 2.16. The average Bonchev–Trinajstić information content (AvgIpc) is 2.54. The van der Waals surface area contributed by atoms with E-state index < -0.39 is 22.0 Å². The van der Waals surface area contributed by atoms with Gasteiger partial charge < -0.3 is 5.11 Å².